The summed E-state index contributed by atoms with van der Waals surface area (Å²) in [5, 5.41) is 0.581. The van der Waals surface area contributed by atoms with E-state index in [9.17, 15) is 14.4 Å². The molecule has 1 saturated carbocycles. The minimum Gasteiger partial charge on any atom is -0.329 e. The van der Waals surface area contributed by atoms with Crippen LogP contribution in [-0.4, -0.2) is 22.8 Å². The SMILES string of the molecule is CC[C@@H]1C[C@H]1C(=O)ON1C(=O)c2ccccc2C1=O. The Bertz CT molecular complexity index is 546. The first-order chi connectivity index (χ1) is 9.13. The first-order valence-electron chi connectivity index (χ1n) is 6.33. The second kappa shape index (κ2) is 4.19. The summed E-state index contributed by atoms with van der Waals surface area (Å²) in [6.45, 7) is 2.00. The molecule has 0 N–H and O–H groups in total. The fourth-order valence-corrected chi connectivity index (χ4v) is 2.40. The molecule has 98 valence electrons. The highest BCUT2D eigenvalue weighted by atomic mass is 16.7. The van der Waals surface area contributed by atoms with Gasteiger partial charge in [-0.3, -0.25) is 9.59 Å². The van der Waals surface area contributed by atoms with E-state index in [2.05, 4.69) is 0 Å². The van der Waals surface area contributed by atoms with Crippen LogP contribution in [0.5, 0.6) is 0 Å². The molecule has 0 radical (unpaired) electrons. The van der Waals surface area contributed by atoms with Crippen LogP contribution in [0, 0.1) is 11.8 Å². The summed E-state index contributed by atoms with van der Waals surface area (Å²) in [4.78, 5) is 40.7. The molecular weight excluding hydrogens is 246 g/mol. The van der Waals surface area contributed by atoms with E-state index in [-0.39, 0.29) is 17.0 Å². The molecule has 5 nitrogen and oxygen atoms in total. The number of carbonyl (C=O) groups is 3. The average molecular weight is 259 g/mol. The van der Waals surface area contributed by atoms with Crippen LogP contribution in [0.15, 0.2) is 24.3 Å². The largest absolute Gasteiger partial charge is 0.336 e. The maximum absolute atomic E-state index is 12.0. The summed E-state index contributed by atoms with van der Waals surface area (Å²) in [6, 6.07) is 6.44. The number of benzene rings is 1. The van der Waals surface area contributed by atoms with E-state index >= 15 is 0 Å². The van der Waals surface area contributed by atoms with Gasteiger partial charge in [-0.2, -0.15) is 0 Å². The van der Waals surface area contributed by atoms with E-state index < -0.39 is 17.8 Å². The van der Waals surface area contributed by atoms with Crippen molar-refractivity contribution in [2.75, 3.05) is 0 Å². The van der Waals surface area contributed by atoms with Gasteiger partial charge in [0.15, 0.2) is 0 Å². The predicted octanol–water partition coefficient (Wildman–Crippen LogP) is 1.79. The van der Waals surface area contributed by atoms with Crippen molar-refractivity contribution in [3.05, 3.63) is 35.4 Å². The standard InChI is InChI=1S/C14H13NO4/c1-2-8-7-11(8)14(18)19-15-12(16)9-5-3-4-6-10(9)13(15)17/h3-6,8,11H,2,7H2,1H3/t8-,11-/m1/s1. The molecule has 0 aromatic heterocycles. The van der Waals surface area contributed by atoms with Crippen LogP contribution in [-0.2, 0) is 9.63 Å². The van der Waals surface area contributed by atoms with E-state index in [4.69, 9.17) is 4.84 Å². The molecule has 0 spiro atoms. The number of carbonyl (C=O) groups excluding carboxylic acids is 3. The number of hydrogen-bond donors (Lipinski definition) is 0. The zero-order valence-corrected chi connectivity index (χ0v) is 10.5. The van der Waals surface area contributed by atoms with Crippen molar-refractivity contribution in [1.82, 2.24) is 5.06 Å². The van der Waals surface area contributed by atoms with Crippen LogP contribution in [0.1, 0.15) is 40.5 Å². The van der Waals surface area contributed by atoms with Gasteiger partial charge in [-0.05, 0) is 24.5 Å². The van der Waals surface area contributed by atoms with Gasteiger partial charge in [-0.1, -0.05) is 30.5 Å². The number of imide groups is 1. The smallest absolute Gasteiger partial charge is 0.329 e. The third-order valence-corrected chi connectivity index (χ3v) is 3.69. The maximum Gasteiger partial charge on any atom is 0.336 e. The third kappa shape index (κ3) is 1.82. The number of amides is 2. The summed E-state index contributed by atoms with van der Waals surface area (Å²) >= 11 is 0. The van der Waals surface area contributed by atoms with E-state index in [0.717, 1.165) is 12.8 Å². The van der Waals surface area contributed by atoms with Gasteiger partial charge in [0, 0.05) is 0 Å². The summed E-state index contributed by atoms with van der Waals surface area (Å²) in [5.41, 5.74) is 0.561. The minimum absolute atomic E-state index is 0.172. The molecule has 1 aliphatic heterocycles. The highest BCUT2D eigenvalue weighted by Crippen LogP contribution is 2.42. The van der Waals surface area contributed by atoms with Crippen LogP contribution >= 0.6 is 0 Å². The van der Waals surface area contributed by atoms with Crippen molar-refractivity contribution >= 4 is 17.8 Å². The summed E-state index contributed by atoms with van der Waals surface area (Å²) in [6.07, 6.45) is 1.68. The molecule has 0 unspecified atom stereocenters. The van der Waals surface area contributed by atoms with Gasteiger partial charge in [0.25, 0.3) is 11.8 Å². The van der Waals surface area contributed by atoms with Crippen molar-refractivity contribution in [1.29, 1.82) is 0 Å². The molecule has 1 aliphatic carbocycles. The van der Waals surface area contributed by atoms with Crippen LogP contribution < -0.4 is 0 Å². The molecule has 1 heterocycles. The quantitative estimate of drug-likeness (QED) is 0.776. The zero-order valence-electron chi connectivity index (χ0n) is 10.5. The topological polar surface area (TPSA) is 63.7 Å². The second-order valence-electron chi connectivity index (χ2n) is 4.87. The third-order valence-electron chi connectivity index (χ3n) is 3.69. The first-order valence-corrected chi connectivity index (χ1v) is 6.33. The minimum atomic E-state index is -0.567. The Morgan fingerprint density at radius 1 is 1.26 bits per heavy atom. The molecule has 1 aromatic rings. The van der Waals surface area contributed by atoms with Gasteiger partial charge in [0.2, 0.25) is 0 Å². The average Bonchev–Trinajstić information content (AvgIpc) is 3.18. The van der Waals surface area contributed by atoms with Crippen LogP contribution in [0.4, 0.5) is 0 Å². The zero-order chi connectivity index (χ0) is 13.6. The van der Waals surface area contributed by atoms with Crippen LogP contribution in [0.3, 0.4) is 0 Å². The van der Waals surface area contributed by atoms with E-state index in [1.54, 1.807) is 24.3 Å². The lowest BCUT2D eigenvalue weighted by Gasteiger charge is -2.12. The number of rotatable bonds is 3. The van der Waals surface area contributed by atoms with Gasteiger partial charge in [0.05, 0.1) is 17.0 Å². The molecule has 5 heteroatoms. The molecule has 2 aliphatic rings. The fourth-order valence-electron chi connectivity index (χ4n) is 2.40. The van der Waals surface area contributed by atoms with Crippen molar-refractivity contribution in [2.24, 2.45) is 11.8 Å². The van der Waals surface area contributed by atoms with Gasteiger partial charge < -0.3 is 4.84 Å². The van der Waals surface area contributed by atoms with E-state index in [1.165, 1.54) is 0 Å². The Kier molecular flexibility index (Phi) is 2.62. The maximum atomic E-state index is 12.0. The lowest BCUT2D eigenvalue weighted by Crippen LogP contribution is -2.33. The molecule has 1 aromatic carbocycles. The monoisotopic (exact) mass is 259 g/mol. The Morgan fingerprint density at radius 3 is 2.32 bits per heavy atom. The molecule has 2 amide bonds. The Hall–Kier alpha value is -2.17. The molecule has 3 rings (SSSR count). The van der Waals surface area contributed by atoms with E-state index in [1.807, 2.05) is 6.92 Å². The molecule has 0 saturated heterocycles. The molecule has 2 atom stereocenters. The van der Waals surface area contributed by atoms with Crippen molar-refractivity contribution in [3.63, 3.8) is 0 Å². The number of hydroxylamine groups is 2. The number of hydrogen-bond acceptors (Lipinski definition) is 4. The van der Waals surface area contributed by atoms with Gasteiger partial charge >= 0.3 is 5.97 Å². The highest BCUT2D eigenvalue weighted by Gasteiger charge is 2.46. The van der Waals surface area contributed by atoms with Crippen molar-refractivity contribution in [3.8, 4) is 0 Å². The lowest BCUT2D eigenvalue weighted by atomic mass is 10.1. The predicted molar refractivity (Wildman–Crippen MR) is 64.9 cm³/mol. The molecule has 0 bridgehead atoms. The normalized spacial score (nSPS) is 24.4. The summed E-state index contributed by atoms with van der Waals surface area (Å²) in [5.74, 6) is -1.47. The lowest BCUT2D eigenvalue weighted by molar-refractivity contribution is -0.170. The molecular formula is C14H13NO4. The van der Waals surface area contributed by atoms with Crippen molar-refractivity contribution < 1.29 is 19.2 Å². The van der Waals surface area contributed by atoms with E-state index in [0.29, 0.717) is 11.0 Å². The second-order valence-corrected chi connectivity index (χ2v) is 4.87. The van der Waals surface area contributed by atoms with Crippen LogP contribution in [0.25, 0.3) is 0 Å². The van der Waals surface area contributed by atoms with Gasteiger partial charge in [-0.15, -0.1) is 0 Å². The molecule has 1 fully saturated rings. The molecule has 19 heavy (non-hydrogen) atoms. The fraction of sp³-hybridized carbons (Fsp3) is 0.357. The Labute approximate surface area is 110 Å². The Morgan fingerprint density at radius 2 is 1.84 bits per heavy atom. The number of fused-ring (bicyclic) bond motifs is 1. The van der Waals surface area contributed by atoms with Gasteiger partial charge in [-0.25, -0.2) is 4.79 Å². The number of nitrogens with zero attached hydrogens (tertiary/aromatic N) is 1. The summed E-state index contributed by atoms with van der Waals surface area (Å²) in [7, 11) is 0. The highest BCUT2D eigenvalue weighted by molar-refractivity contribution is 6.20. The summed E-state index contributed by atoms with van der Waals surface area (Å²) < 4.78 is 0. The first kappa shape index (κ1) is 11.9. The van der Waals surface area contributed by atoms with Crippen LogP contribution in [0.2, 0.25) is 0 Å². The van der Waals surface area contributed by atoms with Crippen molar-refractivity contribution in [2.45, 2.75) is 19.8 Å². The van der Waals surface area contributed by atoms with Gasteiger partial charge in [0.1, 0.15) is 0 Å². The Balaban J connectivity index is 1.76.